The third kappa shape index (κ3) is 4.33. The summed E-state index contributed by atoms with van der Waals surface area (Å²) in [4.78, 5) is 12.3. The van der Waals surface area contributed by atoms with Crippen LogP contribution in [0.2, 0.25) is 5.02 Å². The van der Waals surface area contributed by atoms with Gasteiger partial charge in [-0.25, -0.2) is 4.39 Å². The van der Waals surface area contributed by atoms with Crippen molar-refractivity contribution in [1.29, 1.82) is 0 Å². The number of nitrogens with zero attached hydrogens (tertiary/aromatic N) is 3. The monoisotopic (exact) mass is 354 g/mol. The molecule has 122 valence electrons. The zero-order valence-electron chi connectivity index (χ0n) is 12.7. The number of anilines is 1. The van der Waals surface area contributed by atoms with E-state index in [4.69, 9.17) is 11.6 Å². The maximum absolute atomic E-state index is 13.0. The van der Waals surface area contributed by atoms with Crippen LogP contribution in [0.4, 0.5) is 10.1 Å². The molecule has 1 aromatic carbocycles. The Labute approximate surface area is 142 Å². The predicted molar refractivity (Wildman–Crippen MR) is 90.3 cm³/mol. The third-order valence-electron chi connectivity index (χ3n) is 3.05. The number of aryl methyl sites for hydroxylation is 1. The topological polar surface area (TPSA) is 59.8 Å². The Morgan fingerprint density at radius 2 is 2.30 bits per heavy atom. The molecule has 0 aliphatic carbocycles. The molecule has 0 saturated carbocycles. The zero-order chi connectivity index (χ0) is 17.0. The molecule has 1 aromatic heterocycles. The van der Waals surface area contributed by atoms with Gasteiger partial charge >= 0.3 is 0 Å². The summed E-state index contributed by atoms with van der Waals surface area (Å²) in [6.07, 6.45) is 1.74. The van der Waals surface area contributed by atoms with E-state index in [1.54, 1.807) is 13.0 Å². The highest BCUT2D eigenvalue weighted by Crippen LogP contribution is 2.26. The number of halogens is 2. The molecule has 1 amide bonds. The molecule has 0 aliphatic heterocycles. The normalized spacial score (nSPS) is 12.0. The van der Waals surface area contributed by atoms with E-state index >= 15 is 0 Å². The highest BCUT2D eigenvalue weighted by Gasteiger charge is 2.19. The Morgan fingerprint density at radius 3 is 2.96 bits per heavy atom. The second kappa shape index (κ2) is 7.61. The third-order valence-corrected chi connectivity index (χ3v) is 4.45. The fourth-order valence-electron chi connectivity index (χ4n) is 1.82. The van der Waals surface area contributed by atoms with E-state index in [-0.39, 0.29) is 10.9 Å². The number of aromatic nitrogens is 3. The fraction of sp³-hybridized carbons (Fsp3) is 0.267. The smallest absolute Gasteiger partial charge is 0.237 e. The van der Waals surface area contributed by atoms with Crippen molar-refractivity contribution in [2.75, 3.05) is 5.32 Å². The van der Waals surface area contributed by atoms with Crippen molar-refractivity contribution in [3.05, 3.63) is 47.5 Å². The van der Waals surface area contributed by atoms with Gasteiger partial charge < -0.3 is 9.88 Å². The summed E-state index contributed by atoms with van der Waals surface area (Å²) >= 11 is 7.19. The first kappa shape index (κ1) is 17.5. The van der Waals surface area contributed by atoms with Crippen molar-refractivity contribution in [3.63, 3.8) is 0 Å². The predicted octanol–water partition coefficient (Wildman–Crippen LogP) is 3.68. The second-order valence-corrected chi connectivity index (χ2v) is 6.52. The molecule has 2 rings (SSSR count). The number of amides is 1. The number of thioether (sulfide) groups is 1. The van der Waals surface area contributed by atoms with Gasteiger partial charge in [0.1, 0.15) is 11.6 Å². The Bertz CT molecular complexity index is 734. The number of carbonyl (C=O) groups excluding carboxylic acids is 1. The summed E-state index contributed by atoms with van der Waals surface area (Å²) in [7, 11) is 0. The molecule has 0 bridgehead atoms. The Morgan fingerprint density at radius 1 is 1.57 bits per heavy atom. The van der Waals surface area contributed by atoms with Crippen LogP contribution in [0.1, 0.15) is 12.7 Å². The van der Waals surface area contributed by atoms with E-state index in [2.05, 4.69) is 22.1 Å². The molecule has 0 spiro atoms. The molecule has 2 aromatic rings. The molecule has 1 atom stereocenters. The van der Waals surface area contributed by atoms with E-state index in [1.807, 2.05) is 11.5 Å². The lowest BCUT2D eigenvalue weighted by atomic mass is 10.3. The Balaban J connectivity index is 2.07. The van der Waals surface area contributed by atoms with Gasteiger partial charge in [-0.05, 0) is 32.0 Å². The molecule has 0 saturated heterocycles. The van der Waals surface area contributed by atoms with Crippen LogP contribution in [0.25, 0.3) is 0 Å². The molecule has 1 heterocycles. The average molecular weight is 355 g/mol. The molecule has 1 N–H and O–H groups in total. The maximum Gasteiger partial charge on any atom is 0.237 e. The number of hydrogen-bond donors (Lipinski definition) is 1. The Kier molecular flexibility index (Phi) is 5.79. The van der Waals surface area contributed by atoms with E-state index < -0.39 is 11.1 Å². The van der Waals surface area contributed by atoms with Crippen molar-refractivity contribution in [1.82, 2.24) is 14.8 Å². The molecule has 5 nitrogen and oxygen atoms in total. The number of benzene rings is 1. The lowest BCUT2D eigenvalue weighted by molar-refractivity contribution is -0.115. The molecule has 23 heavy (non-hydrogen) atoms. The summed E-state index contributed by atoms with van der Waals surface area (Å²) in [6, 6.07) is 3.82. The number of hydrogen-bond acceptors (Lipinski definition) is 4. The summed E-state index contributed by atoms with van der Waals surface area (Å²) in [5.74, 6) is 0.0410. The van der Waals surface area contributed by atoms with Gasteiger partial charge in [-0.3, -0.25) is 4.79 Å². The Hall–Kier alpha value is -1.86. The molecule has 1 unspecified atom stereocenters. The highest BCUT2D eigenvalue weighted by molar-refractivity contribution is 8.00. The van der Waals surface area contributed by atoms with Gasteiger partial charge in [-0.2, -0.15) is 0 Å². The van der Waals surface area contributed by atoms with Gasteiger partial charge in [-0.15, -0.1) is 16.8 Å². The molecular weight excluding hydrogens is 339 g/mol. The van der Waals surface area contributed by atoms with Crippen molar-refractivity contribution in [2.24, 2.45) is 0 Å². The van der Waals surface area contributed by atoms with Crippen molar-refractivity contribution >= 4 is 35.0 Å². The average Bonchev–Trinajstić information content (AvgIpc) is 2.83. The van der Waals surface area contributed by atoms with Crippen molar-refractivity contribution in [3.8, 4) is 0 Å². The SMILES string of the molecule is C=CCn1c(C)nnc1SC(C)C(=O)Nc1ccc(F)cc1Cl. The number of allylic oxidation sites excluding steroid dienone is 1. The molecule has 0 fully saturated rings. The quantitative estimate of drug-likeness (QED) is 0.635. The van der Waals surface area contributed by atoms with E-state index in [1.165, 1.54) is 23.9 Å². The maximum atomic E-state index is 13.0. The molecular formula is C15H16ClFN4OS. The van der Waals surface area contributed by atoms with Crippen LogP contribution in [-0.4, -0.2) is 25.9 Å². The van der Waals surface area contributed by atoms with Crippen LogP contribution < -0.4 is 5.32 Å². The fourth-order valence-corrected chi connectivity index (χ4v) is 2.94. The zero-order valence-corrected chi connectivity index (χ0v) is 14.3. The number of rotatable bonds is 6. The standard InChI is InChI=1S/C15H16ClFN4OS/c1-4-7-21-10(3)19-20-15(21)23-9(2)14(22)18-13-6-5-11(17)8-12(13)16/h4-6,8-9H,1,7H2,2-3H3,(H,18,22). The first-order valence-corrected chi connectivity index (χ1v) is 8.11. The first-order chi connectivity index (χ1) is 10.9. The minimum absolute atomic E-state index is 0.154. The molecule has 0 aliphatic rings. The highest BCUT2D eigenvalue weighted by atomic mass is 35.5. The van der Waals surface area contributed by atoms with Gasteiger partial charge in [-0.1, -0.05) is 29.4 Å². The van der Waals surface area contributed by atoms with E-state index in [9.17, 15) is 9.18 Å². The van der Waals surface area contributed by atoms with Crippen molar-refractivity contribution < 1.29 is 9.18 Å². The summed E-state index contributed by atoms with van der Waals surface area (Å²) in [6.45, 7) is 7.85. The largest absolute Gasteiger partial charge is 0.324 e. The summed E-state index contributed by atoms with van der Waals surface area (Å²) in [5, 5.41) is 11.1. The van der Waals surface area contributed by atoms with Crippen LogP contribution >= 0.6 is 23.4 Å². The minimum atomic E-state index is -0.455. The van der Waals surface area contributed by atoms with Crippen LogP contribution in [0.15, 0.2) is 36.0 Å². The van der Waals surface area contributed by atoms with Crippen LogP contribution in [-0.2, 0) is 11.3 Å². The van der Waals surface area contributed by atoms with Crippen LogP contribution in [0.5, 0.6) is 0 Å². The van der Waals surface area contributed by atoms with Crippen LogP contribution in [0.3, 0.4) is 0 Å². The number of carbonyl (C=O) groups is 1. The first-order valence-electron chi connectivity index (χ1n) is 6.85. The lowest BCUT2D eigenvalue weighted by Gasteiger charge is -2.13. The van der Waals surface area contributed by atoms with Gasteiger partial charge in [0.05, 0.1) is 16.0 Å². The lowest BCUT2D eigenvalue weighted by Crippen LogP contribution is -2.23. The van der Waals surface area contributed by atoms with E-state index in [0.29, 0.717) is 17.4 Å². The minimum Gasteiger partial charge on any atom is -0.324 e. The summed E-state index contributed by atoms with van der Waals surface area (Å²) in [5.41, 5.74) is 0.370. The van der Waals surface area contributed by atoms with Gasteiger partial charge in [0.15, 0.2) is 5.16 Å². The van der Waals surface area contributed by atoms with E-state index in [0.717, 1.165) is 11.9 Å². The van der Waals surface area contributed by atoms with Crippen molar-refractivity contribution in [2.45, 2.75) is 30.8 Å². The van der Waals surface area contributed by atoms with Gasteiger partial charge in [0.25, 0.3) is 0 Å². The van der Waals surface area contributed by atoms with Gasteiger partial charge in [0, 0.05) is 6.54 Å². The van der Waals surface area contributed by atoms with Crippen LogP contribution in [0, 0.1) is 12.7 Å². The van der Waals surface area contributed by atoms with Gasteiger partial charge in [0.2, 0.25) is 5.91 Å². The second-order valence-electron chi connectivity index (χ2n) is 4.80. The number of nitrogens with one attached hydrogen (secondary N) is 1. The molecule has 0 radical (unpaired) electrons. The molecule has 8 heteroatoms. The summed E-state index contributed by atoms with van der Waals surface area (Å²) < 4.78 is 14.9.